The highest BCUT2D eigenvalue weighted by atomic mass is 19.4. The van der Waals surface area contributed by atoms with Gasteiger partial charge in [0.25, 0.3) is 0 Å². The van der Waals surface area contributed by atoms with Crippen LogP contribution in [0.2, 0.25) is 0 Å². The molecule has 0 unspecified atom stereocenters. The van der Waals surface area contributed by atoms with Crippen molar-refractivity contribution in [1.82, 2.24) is 4.98 Å². The van der Waals surface area contributed by atoms with Crippen molar-refractivity contribution in [2.75, 3.05) is 0 Å². The van der Waals surface area contributed by atoms with Gasteiger partial charge in [0.05, 0.1) is 12.1 Å². The quantitative estimate of drug-likeness (QED) is 0.743. The second kappa shape index (κ2) is 4.61. The number of nitrogens with zero attached hydrogens (tertiary/aromatic N) is 1. The Hall–Kier alpha value is -1.96. The highest BCUT2D eigenvalue weighted by Crippen LogP contribution is 2.41. The number of alkyl halides is 3. The lowest BCUT2D eigenvalue weighted by molar-refractivity contribution is -0.135. The summed E-state index contributed by atoms with van der Waals surface area (Å²) in [5, 5.41) is 0.0802. The fraction of sp³-hybridized carbons (Fsp3) is 0.357. The summed E-state index contributed by atoms with van der Waals surface area (Å²) >= 11 is 0. The molecule has 0 amide bonds. The van der Waals surface area contributed by atoms with Crippen molar-refractivity contribution in [2.24, 2.45) is 5.92 Å². The van der Waals surface area contributed by atoms with E-state index >= 15 is 0 Å². The molecule has 0 atom stereocenters. The average molecular weight is 266 g/mol. The summed E-state index contributed by atoms with van der Waals surface area (Å²) < 4.78 is 39.2. The maximum Gasteiger partial charge on any atom is 0.408 e. The molecule has 0 saturated heterocycles. The van der Waals surface area contributed by atoms with E-state index in [0.717, 1.165) is 5.69 Å². The molecule has 1 aromatic carbocycles. The normalized spacial score (nSPS) is 12.1. The highest BCUT2D eigenvalue weighted by Gasteiger charge is 2.35. The van der Waals surface area contributed by atoms with Gasteiger partial charge in [-0.25, -0.2) is 4.85 Å². The SMILES string of the molecule is [C-]#[N+]c1ccc2[nH]c(CC(C)C)cc2c1C(F)(F)F. The summed E-state index contributed by atoms with van der Waals surface area (Å²) in [5.41, 5.74) is -0.00522. The molecule has 1 aromatic heterocycles. The van der Waals surface area contributed by atoms with Crippen LogP contribution in [0.3, 0.4) is 0 Å². The molecule has 0 bridgehead atoms. The lowest BCUT2D eigenvalue weighted by Gasteiger charge is -2.09. The fourth-order valence-corrected chi connectivity index (χ4v) is 2.19. The maximum absolute atomic E-state index is 13.1. The number of H-pyrrole nitrogens is 1. The Morgan fingerprint density at radius 2 is 2.00 bits per heavy atom. The van der Waals surface area contributed by atoms with Crippen molar-refractivity contribution >= 4 is 16.6 Å². The number of hydrogen-bond acceptors (Lipinski definition) is 0. The number of hydrogen-bond donors (Lipinski definition) is 1. The molecule has 2 nitrogen and oxygen atoms in total. The molecule has 100 valence electrons. The van der Waals surface area contributed by atoms with Crippen LogP contribution >= 0.6 is 0 Å². The van der Waals surface area contributed by atoms with Crippen LogP contribution < -0.4 is 0 Å². The zero-order valence-electron chi connectivity index (χ0n) is 10.6. The van der Waals surface area contributed by atoms with E-state index in [0.29, 0.717) is 17.9 Å². The van der Waals surface area contributed by atoms with Crippen molar-refractivity contribution in [3.63, 3.8) is 0 Å². The molecule has 5 heteroatoms. The highest BCUT2D eigenvalue weighted by molar-refractivity contribution is 5.89. The van der Waals surface area contributed by atoms with E-state index in [1.165, 1.54) is 18.2 Å². The number of aromatic nitrogens is 1. The molecule has 0 aliphatic heterocycles. The molecule has 2 aromatic rings. The first kappa shape index (κ1) is 13.5. The van der Waals surface area contributed by atoms with Crippen molar-refractivity contribution in [3.8, 4) is 0 Å². The lowest BCUT2D eigenvalue weighted by atomic mass is 10.1. The lowest BCUT2D eigenvalue weighted by Crippen LogP contribution is -2.05. The van der Waals surface area contributed by atoms with E-state index in [-0.39, 0.29) is 11.1 Å². The minimum absolute atomic E-state index is 0.0802. The van der Waals surface area contributed by atoms with Crippen LogP contribution in [0, 0.1) is 12.5 Å². The van der Waals surface area contributed by atoms with E-state index in [4.69, 9.17) is 6.57 Å². The molecule has 1 N–H and O–H groups in total. The predicted octanol–water partition coefficient (Wildman–Crippen LogP) is 4.94. The Morgan fingerprint density at radius 3 is 2.53 bits per heavy atom. The number of nitrogens with one attached hydrogen (secondary N) is 1. The van der Waals surface area contributed by atoms with E-state index in [1.54, 1.807) is 0 Å². The molecule has 0 aliphatic rings. The largest absolute Gasteiger partial charge is 0.408 e. The number of rotatable bonds is 2. The maximum atomic E-state index is 13.1. The molecule has 19 heavy (non-hydrogen) atoms. The van der Waals surface area contributed by atoms with Crippen LogP contribution in [0.5, 0.6) is 0 Å². The smallest absolute Gasteiger partial charge is 0.358 e. The fourth-order valence-electron chi connectivity index (χ4n) is 2.19. The summed E-state index contributed by atoms with van der Waals surface area (Å²) in [6.07, 6.45) is -3.84. The first-order valence-corrected chi connectivity index (χ1v) is 5.92. The first-order chi connectivity index (χ1) is 8.82. The molecule has 0 radical (unpaired) electrons. The summed E-state index contributed by atoms with van der Waals surface area (Å²) in [5.74, 6) is 0.350. The van der Waals surface area contributed by atoms with E-state index < -0.39 is 11.7 Å². The third-order valence-electron chi connectivity index (χ3n) is 2.87. The van der Waals surface area contributed by atoms with Gasteiger partial charge in [-0.3, -0.25) is 0 Å². The Morgan fingerprint density at radius 1 is 1.32 bits per heavy atom. The summed E-state index contributed by atoms with van der Waals surface area (Å²) in [6.45, 7) is 10.9. The van der Waals surface area contributed by atoms with Gasteiger partial charge in [0.1, 0.15) is 0 Å². The van der Waals surface area contributed by atoms with E-state index in [9.17, 15) is 13.2 Å². The molecule has 0 spiro atoms. The van der Waals surface area contributed by atoms with Crippen LogP contribution in [0.1, 0.15) is 25.1 Å². The predicted molar refractivity (Wildman–Crippen MR) is 68.1 cm³/mol. The van der Waals surface area contributed by atoms with Gasteiger partial charge in [0, 0.05) is 16.6 Å². The first-order valence-electron chi connectivity index (χ1n) is 5.92. The van der Waals surface area contributed by atoms with Crippen LogP contribution in [0.15, 0.2) is 18.2 Å². The van der Waals surface area contributed by atoms with Gasteiger partial charge in [-0.2, -0.15) is 13.2 Å². The van der Waals surface area contributed by atoms with Gasteiger partial charge in [-0.1, -0.05) is 19.9 Å². The zero-order chi connectivity index (χ0) is 14.2. The van der Waals surface area contributed by atoms with Crippen molar-refractivity contribution in [1.29, 1.82) is 0 Å². The second-order valence-electron chi connectivity index (χ2n) is 4.92. The average Bonchev–Trinajstić information content (AvgIpc) is 2.66. The Kier molecular flexibility index (Phi) is 3.27. The molecular formula is C14H13F3N2. The van der Waals surface area contributed by atoms with Crippen molar-refractivity contribution in [2.45, 2.75) is 26.4 Å². The molecule has 0 saturated carbocycles. The van der Waals surface area contributed by atoms with Crippen LogP contribution in [-0.2, 0) is 12.6 Å². The van der Waals surface area contributed by atoms with Crippen LogP contribution in [0.25, 0.3) is 15.7 Å². The number of halogens is 3. The number of aromatic amines is 1. The van der Waals surface area contributed by atoms with Gasteiger partial charge in [0.2, 0.25) is 0 Å². The van der Waals surface area contributed by atoms with Gasteiger partial charge >= 0.3 is 6.18 Å². The zero-order valence-corrected chi connectivity index (χ0v) is 10.6. The van der Waals surface area contributed by atoms with Gasteiger partial charge in [0.15, 0.2) is 5.69 Å². The minimum atomic E-state index is -4.52. The Balaban J connectivity index is 2.68. The van der Waals surface area contributed by atoms with E-state index in [1.807, 2.05) is 13.8 Å². The second-order valence-corrected chi connectivity index (χ2v) is 4.92. The summed E-state index contributed by atoms with van der Waals surface area (Å²) in [6, 6.07) is 4.25. The topological polar surface area (TPSA) is 20.1 Å². The number of fused-ring (bicyclic) bond motifs is 1. The van der Waals surface area contributed by atoms with Crippen LogP contribution in [0.4, 0.5) is 18.9 Å². The molecule has 0 fully saturated rings. The Bertz CT molecular complexity index is 645. The minimum Gasteiger partial charge on any atom is -0.358 e. The third-order valence-corrected chi connectivity index (χ3v) is 2.87. The van der Waals surface area contributed by atoms with Crippen molar-refractivity contribution < 1.29 is 13.2 Å². The molecule has 0 aliphatic carbocycles. The Labute approximate surface area is 109 Å². The van der Waals surface area contributed by atoms with Gasteiger partial charge in [-0.05, 0) is 24.5 Å². The summed E-state index contributed by atoms with van der Waals surface area (Å²) in [7, 11) is 0. The summed E-state index contributed by atoms with van der Waals surface area (Å²) in [4.78, 5) is 5.96. The third kappa shape index (κ3) is 2.58. The molecular weight excluding hydrogens is 253 g/mol. The molecule has 1 heterocycles. The number of benzene rings is 1. The monoisotopic (exact) mass is 266 g/mol. The van der Waals surface area contributed by atoms with Crippen molar-refractivity contribution in [3.05, 3.63) is 40.9 Å². The van der Waals surface area contributed by atoms with Crippen LogP contribution in [-0.4, -0.2) is 4.98 Å². The molecule has 2 rings (SSSR count). The standard InChI is InChI=1S/C14H13F3N2/c1-8(2)6-9-7-10-11(19-9)4-5-12(18-3)13(10)14(15,16)17/h4-5,7-8,19H,6H2,1-2H3. The van der Waals surface area contributed by atoms with Gasteiger partial charge in [-0.15, -0.1) is 0 Å². The van der Waals surface area contributed by atoms with Gasteiger partial charge < -0.3 is 4.98 Å². The van der Waals surface area contributed by atoms with E-state index in [2.05, 4.69) is 9.83 Å².